The summed E-state index contributed by atoms with van der Waals surface area (Å²) in [6, 6.07) is 10.1. The summed E-state index contributed by atoms with van der Waals surface area (Å²) >= 11 is 0. The Labute approximate surface area is 91.2 Å². The minimum Gasteiger partial charge on any atom is -0.396 e. The lowest BCUT2D eigenvalue weighted by atomic mass is 10.2. The van der Waals surface area contributed by atoms with E-state index in [1.54, 1.807) is 0 Å². The van der Waals surface area contributed by atoms with Crippen molar-refractivity contribution in [3.8, 4) is 0 Å². The first-order chi connectivity index (χ1) is 7.43. The van der Waals surface area contributed by atoms with Crippen LogP contribution in [0.5, 0.6) is 0 Å². The molecular formula is C13H18O2. The molecule has 2 heteroatoms. The first-order valence-electron chi connectivity index (χ1n) is 5.31. The summed E-state index contributed by atoms with van der Waals surface area (Å²) in [6.07, 6.45) is 5.67. The number of aliphatic hydroxyl groups is 1. The molecule has 0 aromatic heterocycles. The van der Waals surface area contributed by atoms with Crippen molar-refractivity contribution < 1.29 is 9.84 Å². The van der Waals surface area contributed by atoms with Crippen LogP contribution in [-0.4, -0.2) is 18.3 Å². The predicted octanol–water partition coefficient (Wildman–Crippen LogP) is 2.53. The first kappa shape index (κ1) is 12.0. The second-order valence-corrected chi connectivity index (χ2v) is 3.31. The molecule has 0 saturated carbocycles. The molecule has 1 N–H and O–H groups in total. The maximum atomic E-state index is 8.54. The smallest absolute Gasteiger partial charge is 0.0717 e. The van der Waals surface area contributed by atoms with Crippen LogP contribution in [0.1, 0.15) is 18.4 Å². The lowest BCUT2D eigenvalue weighted by Gasteiger charge is -2.01. The van der Waals surface area contributed by atoms with Crippen molar-refractivity contribution >= 4 is 0 Å². The zero-order valence-corrected chi connectivity index (χ0v) is 8.93. The van der Waals surface area contributed by atoms with E-state index in [1.165, 1.54) is 5.56 Å². The molecule has 0 aliphatic heterocycles. The molecule has 1 rings (SSSR count). The van der Waals surface area contributed by atoms with Crippen molar-refractivity contribution in [1.82, 2.24) is 0 Å². The maximum absolute atomic E-state index is 8.54. The minimum atomic E-state index is 0.224. The number of aliphatic hydroxyl groups excluding tert-OH is 1. The summed E-state index contributed by atoms with van der Waals surface area (Å²) in [6.45, 7) is 1.63. The van der Waals surface area contributed by atoms with Crippen molar-refractivity contribution in [1.29, 1.82) is 0 Å². The molecule has 0 unspecified atom stereocenters. The highest BCUT2D eigenvalue weighted by atomic mass is 16.5. The fourth-order valence-corrected chi connectivity index (χ4v) is 1.23. The number of rotatable bonds is 7. The molecule has 0 fully saturated rings. The van der Waals surface area contributed by atoms with Crippen molar-refractivity contribution in [3.63, 3.8) is 0 Å². The number of ether oxygens (including phenoxy) is 1. The van der Waals surface area contributed by atoms with Crippen LogP contribution in [0.25, 0.3) is 0 Å². The molecule has 0 spiro atoms. The van der Waals surface area contributed by atoms with E-state index in [1.807, 2.05) is 30.4 Å². The quantitative estimate of drug-likeness (QED) is 0.548. The zero-order valence-electron chi connectivity index (χ0n) is 8.93. The number of hydrogen-bond donors (Lipinski definition) is 1. The van der Waals surface area contributed by atoms with Crippen LogP contribution in [0.15, 0.2) is 42.5 Å². The summed E-state index contributed by atoms with van der Waals surface area (Å²) in [5, 5.41) is 8.54. The Morgan fingerprint density at radius 1 is 1.07 bits per heavy atom. The standard InChI is InChI=1S/C13H18O2/c14-10-6-1-2-7-11-15-12-13-8-4-3-5-9-13/h1-5,8-9,14H,6-7,10-12H2/b2-1-. The van der Waals surface area contributed by atoms with Gasteiger partial charge in [0, 0.05) is 6.61 Å². The second kappa shape index (κ2) is 8.21. The van der Waals surface area contributed by atoms with Gasteiger partial charge in [-0.25, -0.2) is 0 Å². The molecule has 2 nitrogen and oxygen atoms in total. The van der Waals surface area contributed by atoms with Gasteiger partial charge in [-0.05, 0) is 18.4 Å². The average molecular weight is 206 g/mol. The van der Waals surface area contributed by atoms with Gasteiger partial charge >= 0.3 is 0 Å². The molecule has 0 amide bonds. The van der Waals surface area contributed by atoms with Gasteiger partial charge in [0.1, 0.15) is 0 Å². The van der Waals surface area contributed by atoms with Crippen LogP contribution in [-0.2, 0) is 11.3 Å². The van der Waals surface area contributed by atoms with E-state index in [4.69, 9.17) is 9.84 Å². The lowest BCUT2D eigenvalue weighted by molar-refractivity contribution is 0.125. The molecule has 0 atom stereocenters. The first-order valence-corrected chi connectivity index (χ1v) is 5.31. The third-order valence-electron chi connectivity index (χ3n) is 2.00. The van der Waals surface area contributed by atoms with Crippen molar-refractivity contribution in [3.05, 3.63) is 48.0 Å². The van der Waals surface area contributed by atoms with E-state index >= 15 is 0 Å². The van der Waals surface area contributed by atoms with Crippen molar-refractivity contribution in [2.45, 2.75) is 19.4 Å². The van der Waals surface area contributed by atoms with E-state index in [-0.39, 0.29) is 6.61 Å². The Kier molecular flexibility index (Phi) is 6.54. The molecule has 0 heterocycles. The topological polar surface area (TPSA) is 29.5 Å². The third kappa shape index (κ3) is 6.05. The lowest BCUT2D eigenvalue weighted by Crippen LogP contribution is -1.93. The average Bonchev–Trinajstić information content (AvgIpc) is 2.29. The molecule has 0 bridgehead atoms. The Morgan fingerprint density at radius 3 is 2.53 bits per heavy atom. The van der Waals surface area contributed by atoms with Gasteiger partial charge in [-0.3, -0.25) is 0 Å². The van der Waals surface area contributed by atoms with E-state index < -0.39 is 0 Å². The number of benzene rings is 1. The Balaban J connectivity index is 2.02. The van der Waals surface area contributed by atoms with Gasteiger partial charge in [-0.1, -0.05) is 42.5 Å². The largest absolute Gasteiger partial charge is 0.396 e. The summed E-state index contributed by atoms with van der Waals surface area (Å²) in [5.41, 5.74) is 1.21. The van der Waals surface area contributed by atoms with E-state index in [9.17, 15) is 0 Å². The zero-order chi connectivity index (χ0) is 10.8. The van der Waals surface area contributed by atoms with E-state index in [0.717, 1.165) is 19.4 Å². The van der Waals surface area contributed by atoms with Crippen LogP contribution < -0.4 is 0 Å². The van der Waals surface area contributed by atoms with Crippen molar-refractivity contribution in [2.24, 2.45) is 0 Å². The van der Waals surface area contributed by atoms with Crippen LogP contribution in [0, 0.1) is 0 Å². The van der Waals surface area contributed by atoms with Crippen LogP contribution in [0.3, 0.4) is 0 Å². The Hall–Kier alpha value is -1.12. The maximum Gasteiger partial charge on any atom is 0.0717 e. The van der Waals surface area contributed by atoms with Gasteiger partial charge in [0.05, 0.1) is 13.2 Å². The molecule has 0 radical (unpaired) electrons. The van der Waals surface area contributed by atoms with E-state index in [0.29, 0.717) is 6.61 Å². The Morgan fingerprint density at radius 2 is 1.80 bits per heavy atom. The minimum absolute atomic E-state index is 0.224. The van der Waals surface area contributed by atoms with Crippen LogP contribution >= 0.6 is 0 Å². The molecule has 1 aromatic carbocycles. The molecule has 0 aliphatic rings. The molecule has 0 aliphatic carbocycles. The second-order valence-electron chi connectivity index (χ2n) is 3.31. The summed E-state index contributed by atoms with van der Waals surface area (Å²) in [7, 11) is 0. The summed E-state index contributed by atoms with van der Waals surface area (Å²) in [4.78, 5) is 0. The highest BCUT2D eigenvalue weighted by molar-refractivity contribution is 5.13. The van der Waals surface area contributed by atoms with Crippen LogP contribution in [0.2, 0.25) is 0 Å². The molecule has 1 aromatic rings. The van der Waals surface area contributed by atoms with Crippen molar-refractivity contribution in [2.75, 3.05) is 13.2 Å². The van der Waals surface area contributed by atoms with Gasteiger partial charge in [0.2, 0.25) is 0 Å². The highest BCUT2D eigenvalue weighted by Gasteiger charge is 1.89. The fraction of sp³-hybridized carbons (Fsp3) is 0.385. The summed E-state index contributed by atoms with van der Waals surface area (Å²) in [5.74, 6) is 0. The monoisotopic (exact) mass is 206 g/mol. The molecular weight excluding hydrogens is 188 g/mol. The fourth-order valence-electron chi connectivity index (χ4n) is 1.23. The van der Waals surface area contributed by atoms with Gasteiger partial charge in [-0.15, -0.1) is 0 Å². The van der Waals surface area contributed by atoms with Gasteiger partial charge in [-0.2, -0.15) is 0 Å². The van der Waals surface area contributed by atoms with Gasteiger partial charge < -0.3 is 9.84 Å². The third-order valence-corrected chi connectivity index (χ3v) is 2.00. The van der Waals surface area contributed by atoms with E-state index in [2.05, 4.69) is 12.1 Å². The summed E-state index contributed by atoms with van der Waals surface area (Å²) < 4.78 is 5.49. The van der Waals surface area contributed by atoms with Crippen LogP contribution in [0.4, 0.5) is 0 Å². The predicted molar refractivity (Wildman–Crippen MR) is 61.6 cm³/mol. The normalized spacial score (nSPS) is 11.0. The Bertz CT molecular complexity index is 267. The molecule has 0 saturated heterocycles. The molecule has 15 heavy (non-hydrogen) atoms. The number of hydrogen-bond acceptors (Lipinski definition) is 2. The molecule has 82 valence electrons. The van der Waals surface area contributed by atoms with Gasteiger partial charge in [0.25, 0.3) is 0 Å². The van der Waals surface area contributed by atoms with Gasteiger partial charge in [0.15, 0.2) is 0 Å². The highest BCUT2D eigenvalue weighted by Crippen LogP contribution is 2.00. The SMILES string of the molecule is OCC/C=C\CCOCc1ccccc1.